The molecule has 1 aromatic heterocycles. The third kappa shape index (κ3) is 5.50. The monoisotopic (exact) mass is 450 g/mol. The van der Waals surface area contributed by atoms with Crippen molar-refractivity contribution in [3.8, 4) is 0 Å². The largest absolute Gasteiger partial charge is 0.356 e. The van der Waals surface area contributed by atoms with E-state index in [4.69, 9.17) is 0 Å². The molecule has 2 amide bonds. The van der Waals surface area contributed by atoms with Crippen LogP contribution in [0.25, 0.3) is 0 Å². The van der Waals surface area contributed by atoms with Gasteiger partial charge >= 0.3 is 0 Å². The summed E-state index contributed by atoms with van der Waals surface area (Å²) in [7, 11) is -2.72. The zero-order chi connectivity index (χ0) is 22.6. The first-order chi connectivity index (χ1) is 14.7. The first-order valence-corrected chi connectivity index (χ1v) is 11.6. The van der Waals surface area contributed by atoms with Crippen molar-refractivity contribution >= 4 is 27.5 Å². The molecule has 1 saturated heterocycles. The Bertz CT molecular complexity index is 1060. The van der Waals surface area contributed by atoms with Crippen LogP contribution in [-0.2, 0) is 14.8 Å². The van der Waals surface area contributed by atoms with Crippen LogP contribution in [0.3, 0.4) is 0 Å². The van der Waals surface area contributed by atoms with Crippen LogP contribution in [0.4, 0.5) is 10.1 Å². The molecule has 1 aliphatic heterocycles. The number of likely N-dealkylation sites (tertiary alicyclic amines) is 1. The fourth-order valence-corrected chi connectivity index (χ4v) is 4.55. The van der Waals surface area contributed by atoms with Crippen molar-refractivity contribution in [3.05, 3.63) is 47.5 Å². The van der Waals surface area contributed by atoms with Crippen LogP contribution < -0.4 is 5.32 Å². The number of halogens is 1. The molecule has 1 aromatic carbocycles. The third-order valence-electron chi connectivity index (χ3n) is 5.31. The Labute approximate surface area is 181 Å². The maximum Gasteiger partial charge on any atom is 0.270 e. The minimum absolute atomic E-state index is 0.0950. The smallest absolute Gasteiger partial charge is 0.270 e. The van der Waals surface area contributed by atoms with Gasteiger partial charge in [0.15, 0.2) is 0 Å². The summed E-state index contributed by atoms with van der Waals surface area (Å²) in [5.74, 6) is -1.30. The second-order valence-corrected chi connectivity index (χ2v) is 9.77. The summed E-state index contributed by atoms with van der Waals surface area (Å²) in [6.07, 6.45) is 5.28. The Kier molecular flexibility index (Phi) is 7.11. The molecule has 8 nitrogen and oxygen atoms in total. The average molecular weight is 451 g/mol. The van der Waals surface area contributed by atoms with Crippen LogP contribution >= 0.6 is 0 Å². The van der Waals surface area contributed by atoms with E-state index in [1.807, 2.05) is 0 Å². The standard InChI is InChI=1S/C21H27FN4O4S/c1-15-7-8-16(11-18(15)22)24-20(27)14-25(2)31(29,30)17-12-19(23-13-17)21(28)26-9-5-3-4-6-10-26/h7-8,11-13,23H,3-6,9-10,14H2,1-2H3,(H,24,27). The van der Waals surface area contributed by atoms with Crippen LogP contribution in [0, 0.1) is 12.7 Å². The minimum Gasteiger partial charge on any atom is -0.356 e. The molecule has 2 aromatic rings. The molecule has 1 aliphatic rings. The Morgan fingerprint density at radius 1 is 1.16 bits per heavy atom. The van der Waals surface area contributed by atoms with Crippen LogP contribution in [0.1, 0.15) is 41.7 Å². The molecule has 10 heteroatoms. The van der Waals surface area contributed by atoms with Gasteiger partial charge in [-0.3, -0.25) is 9.59 Å². The number of aromatic amines is 1. The molecule has 0 radical (unpaired) electrons. The van der Waals surface area contributed by atoms with Gasteiger partial charge in [-0.2, -0.15) is 4.31 Å². The summed E-state index contributed by atoms with van der Waals surface area (Å²) >= 11 is 0. The molecular formula is C21H27FN4O4S. The quantitative estimate of drug-likeness (QED) is 0.706. The molecule has 168 valence electrons. The molecule has 2 heterocycles. The number of likely N-dealkylation sites (N-methyl/N-ethyl adjacent to an activating group) is 1. The van der Waals surface area contributed by atoms with Crippen molar-refractivity contribution < 1.29 is 22.4 Å². The topological polar surface area (TPSA) is 103 Å². The number of rotatable bonds is 6. The van der Waals surface area contributed by atoms with Crippen molar-refractivity contribution in [1.82, 2.24) is 14.2 Å². The first-order valence-electron chi connectivity index (χ1n) is 10.2. The molecule has 31 heavy (non-hydrogen) atoms. The van der Waals surface area contributed by atoms with Gasteiger partial charge < -0.3 is 15.2 Å². The zero-order valence-electron chi connectivity index (χ0n) is 17.7. The number of carbonyl (C=O) groups excluding carboxylic acids is 2. The van der Waals surface area contributed by atoms with E-state index in [0.29, 0.717) is 18.7 Å². The van der Waals surface area contributed by atoms with Gasteiger partial charge in [0.05, 0.1) is 6.54 Å². The van der Waals surface area contributed by atoms with Crippen molar-refractivity contribution in [1.29, 1.82) is 0 Å². The lowest BCUT2D eigenvalue weighted by Gasteiger charge is -2.19. The molecule has 0 saturated carbocycles. The number of H-pyrrole nitrogens is 1. The highest BCUT2D eigenvalue weighted by Crippen LogP contribution is 2.19. The fraction of sp³-hybridized carbons (Fsp3) is 0.429. The minimum atomic E-state index is -4.00. The molecule has 1 fully saturated rings. The van der Waals surface area contributed by atoms with E-state index >= 15 is 0 Å². The number of hydrogen-bond acceptors (Lipinski definition) is 4. The highest BCUT2D eigenvalue weighted by atomic mass is 32.2. The zero-order valence-corrected chi connectivity index (χ0v) is 18.5. The van der Waals surface area contributed by atoms with E-state index < -0.39 is 28.3 Å². The van der Waals surface area contributed by atoms with Gasteiger partial charge in [-0.1, -0.05) is 18.9 Å². The van der Waals surface area contributed by atoms with Gasteiger partial charge in [-0.15, -0.1) is 0 Å². The molecule has 0 aliphatic carbocycles. The van der Waals surface area contributed by atoms with Crippen molar-refractivity contribution in [2.45, 2.75) is 37.5 Å². The maximum atomic E-state index is 13.6. The predicted molar refractivity (Wildman–Crippen MR) is 115 cm³/mol. The maximum absolute atomic E-state index is 13.6. The number of hydrogen-bond donors (Lipinski definition) is 2. The summed E-state index contributed by atoms with van der Waals surface area (Å²) < 4.78 is 40.2. The van der Waals surface area contributed by atoms with Crippen LogP contribution in [0.15, 0.2) is 35.4 Å². The van der Waals surface area contributed by atoms with Gasteiger partial charge in [0.1, 0.15) is 16.4 Å². The number of aromatic nitrogens is 1. The number of sulfonamides is 1. The summed E-state index contributed by atoms with van der Waals surface area (Å²) in [6, 6.07) is 5.53. The number of carbonyl (C=O) groups is 2. The number of nitrogens with zero attached hydrogens (tertiary/aromatic N) is 2. The van der Waals surface area contributed by atoms with E-state index in [9.17, 15) is 22.4 Å². The molecule has 2 N–H and O–H groups in total. The van der Waals surface area contributed by atoms with Crippen LogP contribution in [-0.4, -0.2) is 61.1 Å². The Morgan fingerprint density at radius 3 is 2.48 bits per heavy atom. The molecule has 0 unspecified atom stereocenters. The number of amides is 2. The van der Waals surface area contributed by atoms with Gasteiger partial charge in [0.25, 0.3) is 5.91 Å². The Hall–Kier alpha value is -2.72. The normalized spacial score (nSPS) is 15.0. The lowest BCUT2D eigenvalue weighted by molar-refractivity contribution is -0.116. The van der Waals surface area contributed by atoms with Crippen molar-refractivity contribution in [2.24, 2.45) is 0 Å². The number of benzene rings is 1. The lowest BCUT2D eigenvalue weighted by Crippen LogP contribution is -2.35. The van der Waals surface area contributed by atoms with Gasteiger partial charge in [0, 0.05) is 32.0 Å². The highest BCUT2D eigenvalue weighted by molar-refractivity contribution is 7.89. The fourth-order valence-electron chi connectivity index (χ4n) is 3.43. The summed E-state index contributed by atoms with van der Waals surface area (Å²) in [6.45, 7) is 2.45. The number of anilines is 1. The SMILES string of the molecule is Cc1ccc(NC(=O)CN(C)S(=O)(=O)c2c[nH]c(C(=O)N3CCCCCC3)c2)cc1F. The first kappa shape index (κ1) is 23.0. The van der Waals surface area contributed by atoms with Gasteiger partial charge in [-0.05, 0) is 43.5 Å². The van der Waals surface area contributed by atoms with E-state index in [0.717, 1.165) is 30.0 Å². The second-order valence-electron chi connectivity index (χ2n) is 7.73. The highest BCUT2D eigenvalue weighted by Gasteiger charge is 2.27. The summed E-state index contributed by atoms with van der Waals surface area (Å²) in [5.41, 5.74) is 0.884. The van der Waals surface area contributed by atoms with E-state index in [2.05, 4.69) is 10.3 Å². The van der Waals surface area contributed by atoms with Gasteiger partial charge in [-0.25, -0.2) is 12.8 Å². The molecule has 0 bridgehead atoms. The molecule has 3 rings (SSSR count). The second kappa shape index (κ2) is 9.61. The van der Waals surface area contributed by atoms with Crippen molar-refractivity contribution in [3.63, 3.8) is 0 Å². The van der Waals surface area contributed by atoms with Gasteiger partial charge in [0.2, 0.25) is 15.9 Å². The van der Waals surface area contributed by atoms with E-state index in [1.165, 1.54) is 37.5 Å². The summed E-state index contributed by atoms with van der Waals surface area (Å²) in [4.78, 5) is 29.3. The summed E-state index contributed by atoms with van der Waals surface area (Å²) in [5, 5.41) is 2.48. The van der Waals surface area contributed by atoms with Crippen molar-refractivity contribution in [2.75, 3.05) is 32.0 Å². The number of aryl methyl sites for hydroxylation is 1. The number of nitrogens with one attached hydrogen (secondary N) is 2. The molecule has 0 atom stereocenters. The van der Waals surface area contributed by atoms with Crippen LogP contribution in [0.5, 0.6) is 0 Å². The molecular weight excluding hydrogens is 423 g/mol. The van der Waals surface area contributed by atoms with Crippen LogP contribution in [0.2, 0.25) is 0 Å². The Morgan fingerprint density at radius 2 is 1.84 bits per heavy atom. The average Bonchev–Trinajstić information content (AvgIpc) is 3.07. The lowest BCUT2D eigenvalue weighted by atomic mass is 10.2. The van der Waals surface area contributed by atoms with E-state index in [1.54, 1.807) is 11.8 Å². The third-order valence-corrected chi connectivity index (χ3v) is 7.09. The Balaban J connectivity index is 1.65. The predicted octanol–water partition coefficient (Wildman–Crippen LogP) is 2.74. The molecule has 0 spiro atoms. The van der Waals surface area contributed by atoms with E-state index in [-0.39, 0.29) is 22.2 Å².